The van der Waals surface area contributed by atoms with Crippen molar-refractivity contribution in [3.05, 3.63) is 22.8 Å². The Morgan fingerprint density at radius 2 is 2.25 bits per heavy atom. The fraction of sp³-hybridized carbons (Fsp3) is 0.562. The number of esters is 1. The summed E-state index contributed by atoms with van der Waals surface area (Å²) in [5, 5.41) is 2.79. The van der Waals surface area contributed by atoms with Crippen molar-refractivity contribution in [3.8, 4) is 0 Å². The van der Waals surface area contributed by atoms with Crippen LogP contribution in [0.1, 0.15) is 12.8 Å². The highest BCUT2D eigenvalue weighted by Crippen LogP contribution is 2.15. The zero-order valence-electron chi connectivity index (χ0n) is 14.0. The third-order valence-electron chi connectivity index (χ3n) is 4.05. The highest BCUT2D eigenvalue weighted by molar-refractivity contribution is 9.10. The lowest BCUT2D eigenvalue weighted by Gasteiger charge is -2.39. The SMILES string of the molecule is COC(=O)CC1CN(C)CCN1CCC(=O)Nc1cc(Br)ccn1. The van der Waals surface area contributed by atoms with Gasteiger partial charge >= 0.3 is 5.97 Å². The number of halogens is 1. The van der Waals surface area contributed by atoms with E-state index in [9.17, 15) is 9.59 Å². The van der Waals surface area contributed by atoms with Gasteiger partial charge in [0.1, 0.15) is 5.82 Å². The third-order valence-corrected chi connectivity index (χ3v) is 4.55. The number of rotatable bonds is 6. The molecule has 24 heavy (non-hydrogen) atoms. The van der Waals surface area contributed by atoms with Crippen LogP contribution in [0, 0.1) is 0 Å². The van der Waals surface area contributed by atoms with E-state index in [4.69, 9.17) is 4.74 Å². The van der Waals surface area contributed by atoms with Crippen LogP contribution in [-0.4, -0.2) is 73.0 Å². The number of carbonyl (C=O) groups excluding carboxylic acids is 2. The zero-order valence-corrected chi connectivity index (χ0v) is 15.6. The molecule has 2 heterocycles. The lowest BCUT2D eigenvalue weighted by atomic mass is 10.1. The minimum atomic E-state index is -0.219. The maximum Gasteiger partial charge on any atom is 0.307 e. The van der Waals surface area contributed by atoms with Gasteiger partial charge in [0, 0.05) is 49.3 Å². The van der Waals surface area contributed by atoms with Crippen LogP contribution in [0.4, 0.5) is 5.82 Å². The van der Waals surface area contributed by atoms with Crippen LogP contribution in [0.3, 0.4) is 0 Å². The summed E-state index contributed by atoms with van der Waals surface area (Å²) < 4.78 is 5.64. The van der Waals surface area contributed by atoms with Gasteiger partial charge in [0.25, 0.3) is 0 Å². The zero-order chi connectivity index (χ0) is 17.5. The molecule has 0 aliphatic carbocycles. The van der Waals surface area contributed by atoms with Gasteiger partial charge in [-0.1, -0.05) is 15.9 Å². The molecule has 1 N–H and O–H groups in total. The number of piperazine rings is 1. The molecular weight excluding hydrogens is 376 g/mol. The van der Waals surface area contributed by atoms with Crippen molar-refractivity contribution in [2.75, 3.05) is 45.7 Å². The lowest BCUT2D eigenvalue weighted by molar-refractivity contribution is -0.142. The fourth-order valence-electron chi connectivity index (χ4n) is 2.74. The maximum absolute atomic E-state index is 12.1. The summed E-state index contributed by atoms with van der Waals surface area (Å²) >= 11 is 3.35. The van der Waals surface area contributed by atoms with Gasteiger partial charge in [-0.15, -0.1) is 0 Å². The average Bonchev–Trinajstić information content (AvgIpc) is 2.54. The van der Waals surface area contributed by atoms with Crippen LogP contribution in [0.25, 0.3) is 0 Å². The normalized spacial score (nSPS) is 19.0. The minimum absolute atomic E-state index is 0.0768. The van der Waals surface area contributed by atoms with Crippen molar-refractivity contribution >= 4 is 33.6 Å². The number of anilines is 1. The Labute approximate surface area is 150 Å². The number of nitrogens with zero attached hydrogens (tertiary/aromatic N) is 3. The van der Waals surface area contributed by atoms with E-state index in [1.807, 2.05) is 7.05 Å². The first-order valence-corrected chi connectivity index (χ1v) is 8.68. The van der Waals surface area contributed by atoms with Crippen LogP contribution in [0.5, 0.6) is 0 Å². The Kier molecular flexibility index (Phi) is 7.14. The second kappa shape index (κ2) is 9.10. The quantitative estimate of drug-likeness (QED) is 0.729. The van der Waals surface area contributed by atoms with E-state index >= 15 is 0 Å². The summed E-state index contributed by atoms with van der Waals surface area (Å²) in [7, 11) is 3.44. The van der Waals surface area contributed by atoms with Gasteiger partial charge in [0.15, 0.2) is 0 Å². The van der Waals surface area contributed by atoms with E-state index in [0.717, 1.165) is 24.1 Å². The van der Waals surface area contributed by atoms with Gasteiger partial charge in [-0.25, -0.2) is 4.98 Å². The molecule has 1 aliphatic heterocycles. The molecule has 1 saturated heterocycles. The number of nitrogens with one attached hydrogen (secondary N) is 1. The highest BCUT2D eigenvalue weighted by Gasteiger charge is 2.27. The number of aromatic nitrogens is 1. The molecule has 1 unspecified atom stereocenters. The molecule has 0 spiro atoms. The van der Waals surface area contributed by atoms with Crippen LogP contribution in [0.2, 0.25) is 0 Å². The largest absolute Gasteiger partial charge is 0.469 e. The summed E-state index contributed by atoms with van der Waals surface area (Å²) in [6.45, 7) is 3.16. The summed E-state index contributed by atoms with van der Waals surface area (Å²) in [5.41, 5.74) is 0. The molecule has 0 aromatic carbocycles. The first kappa shape index (κ1) is 18.8. The van der Waals surface area contributed by atoms with E-state index in [1.165, 1.54) is 7.11 Å². The summed E-state index contributed by atoms with van der Waals surface area (Å²) in [6.07, 6.45) is 2.33. The number of amides is 1. The molecule has 1 fully saturated rings. The molecule has 0 radical (unpaired) electrons. The number of hydrogen-bond acceptors (Lipinski definition) is 6. The Morgan fingerprint density at radius 1 is 1.46 bits per heavy atom. The van der Waals surface area contributed by atoms with Gasteiger partial charge < -0.3 is 15.0 Å². The molecule has 7 nitrogen and oxygen atoms in total. The van der Waals surface area contributed by atoms with E-state index in [2.05, 4.69) is 36.0 Å². The van der Waals surface area contributed by atoms with Crippen molar-refractivity contribution in [3.63, 3.8) is 0 Å². The number of ether oxygens (including phenoxy) is 1. The Balaban J connectivity index is 1.86. The van der Waals surface area contributed by atoms with Gasteiger partial charge in [-0.05, 0) is 19.2 Å². The molecule has 132 valence electrons. The van der Waals surface area contributed by atoms with Crippen LogP contribution < -0.4 is 5.32 Å². The monoisotopic (exact) mass is 398 g/mol. The van der Waals surface area contributed by atoms with E-state index < -0.39 is 0 Å². The van der Waals surface area contributed by atoms with Gasteiger partial charge in [0.05, 0.1) is 13.5 Å². The smallest absolute Gasteiger partial charge is 0.307 e. The number of methoxy groups -OCH3 is 1. The summed E-state index contributed by atoms with van der Waals surface area (Å²) in [6, 6.07) is 3.64. The Bertz CT molecular complexity index is 584. The molecule has 2 rings (SSSR count). The average molecular weight is 399 g/mol. The molecule has 1 aliphatic rings. The lowest BCUT2D eigenvalue weighted by Crippen LogP contribution is -2.53. The summed E-state index contributed by atoms with van der Waals surface area (Å²) in [4.78, 5) is 32.2. The second-order valence-corrected chi connectivity index (χ2v) is 6.81. The summed E-state index contributed by atoms with van der Waals surface area (Å²) in [5.74, 6) is 0.221. The van der Waals surface area contributed by atoms with Crippen LogP contribution in [0.15, 0.2) is 22.8 Å². The van der Waals surface area contributed by atoms with Gasteiger partial charge in [-0.3, -0.25) is 14.5 Å². The number of carbonyl (C=O) groups is 2. The standard InChI is InChI=1S/C16H23BrN4O3/c1-20-7-8-21(13(11-20)10-16(23)24-2)6-4-15(22)19-14-9-12(17)3-5-18-14/h3,5,9,13H,4,6-8,10-11H2,1-2H3,(H,18,19,22). The first-order chi connectivity index (χ1) is 11.5. The number of likely N-dealkylation sites (N-methyl/N-ethyl adjacent to an activating group) is 1. The van der Waals surface area contributed by atoms with Crippen LogP contribution in [-0.2, 0) is 14.3 Å². The van der Waals surface area contributed by atoms with Crippen molar-refractivity contribution in [1.82, 2.24) is 14.8 Å². The maximum atomic E-state index is 12.1. The number of hydrogen-bond donors (Lipinski definition) is 1. The van der Waals surface area contributed by atoms with Crippen molar-refractivity contribution in [2.45, 2.75) is 18.9 Å². The molecule has 1 aromatic rings. The number of pyridine rings is 1. The molecule has 1 aromatic heterocycles. The third kappa shape index (κ3) is 5.85. The molecule has 1 amide bonds. The fourth-order valence-corrected chi connectivity index (χ4v) is 3.07. The predicted molar refractivity (Wildman–Crippen MR) is 94.7 cm³/mol. The van der Waals surface area contributed by atoms with Crippen molar-refractivity contribution < 1.29 is 14.3 Å². The van der Waals surface area contributed by atoms with Crippen molar-refractivity contribution in [1.29, 1.82) is 0 Å². The van der Waals surface area contributed by atoms with Gasteiger partial charge in [-0.2, -0.15) is 0 Å². The molecule has 8 heteroatoms. The molecule has 0 saturated carbocycles. The van der Waals surface area contributed by atoms with Gasteiger partial charge in [0.2, 0.25) is 5.91 Å². The highest BCUT2D eigenvalue weighted by atomic mass is 79.9. The topological polar surface area (TPSA) is 74.8 Å². The van der Waals surface area contributed by atoms with E-state index in [1.54, 1.807) is 18.3 Å². The van der Waals surface area contributed by atoms with E-state index in [-0.39, 0.29) is 17.9 Å². The Morgan fingerprint density at radius 3 is 2.96 bits per heavy atom. The molecule has 1 atom stereocenters. The van der Waals surface area contributed by atoms with E-state index in [0.29, 0.717) is 25.2 Å². The first-order valence-electron chi connectivity index (χ1n) is 7.88. The molecule has 0 bridgehead atoms. The van der Waals surface area contributed by atoms with Crippen molar-refractivity contribution in [2.24, 2.45) is 0 Å². The van der Waals surface area contributed by atoms with Crippen LogP contribution >= 0.6 is 15.9 Å². The Hall–Kier alpha value is -1.51. The minimum Gasteiger partial charge on any atom is -0.469 e. The second-order valence-electron chi connectivity index (χ2n) is 5.89. The predicted octanol–water partition coefficient (Wildman–Crippen LogP) is 1.35. The molecular formula is C16H23BrN4O3.